The number of nitrogens with two attached hydrogens (primary N) is 1. The van der Waals surface area contributed by atoms with Crippen molar-refractivity contribution in [3.8, 4) is 23.1 Å². The molecule has 0 amide bonds. The summed E-state index contributed by atoms with van der Waals surface area (Å²) < 4.78 is 48.4. The van der Waals surface area contributed by atoms with E-state index in [4.69, 9.17) is 41.9 Å². The molecule has 3 aromatic rings. The van der Waals surface area contributed by atoms with E-state index in [0.29, 0.717) is 78.5 Å². The average molecular weight is 640 g/mol. The number of hydrogen-bond donors (Lipinski definition) is 2. The molecule has 1 unspecified atom stereocenters. The first kappa shape index (κ1) is 30.1. The van der Waals surface area contributed by atoms with Crippen LogP contribution in [0.25, 0.3) is 22.2 Å². The molecule has 0 bridgehead atoms. The number of anilines is 2. The molecule has 45 heavy (non-hydrogen) atoms. The Labute approximate surface area is 265 Å². The van der Waals surface area contributed by atoms with Gasteiger partial charge in [-0.05, 0) is 68.2 Å². The summed E-state index contributed by atoms with van der Waals surface area (Å²) in [5.41, 5.74) is 8.30. The fourth-order valence-corrected chi connectivity index (χ4v) is 7.57. The van der Waals surface area contributed by atoms with E-state index in [1.165, 1.54) is 7.11 Å². The maximum Gasteiger partial charge on any atom is 0.319 e. The summed E-state index contributed by atoms with van der Waals surface area (Å²) in [7, 11) is 1.47. The Bertz CT molecular complexity index is 1690. The first-order valence-electron chi connectivity index (χ1n) is 15.4. The highest BCUT2D eigenvalue weighted by atomic mass is 35.5. The summed E-state index contributed by atoms with van der Waals surface area (Å²) in [6.07, 6.45) is 6.75. The van der Waals surface area contributed by atoms with Crippen molar-refractivity contribution in [3.63, 3.8) is 0 Å². The van der Waals surface area contributed by atoms with Crippen molar-refractivity contribution in [2.45, 2.75) is 50.0 Å². The van der Waals surface area contributed by atoms with E-state index in [1.54, 1.807) is 6.07 Å². The quantitative estimate of drug-likeness (QED) is 0.238. The highest BCUT2D eigenvalue weighted by molar-refractivity contribution is 6.32. The Kier molecular flexibility index (Phi) is 7.99. The van der Waals surface area contributed by atoms with Gasteiger partial charge in [-0.2, -0.15) is 9.97 Å². The fraction of sp³-hybridized carbons (Fsp3) is 0.500. The lowest BCUT2D eigenvalue weighted by Gasteiger charge is -2.31. The highest BCUT2D eigenvalue weighted by Crippen LogP contribution is 2.51. The van der Waals surface area contributed by atoms with Gasteiger partial charge in [0.25, 0.3) is 0 Å². The minimum absolute atomic E-state index is 0.0139. The molecule has 7 rings (SSSR count). The predicted molar refractivity (Wildman–Crippen MR) is 169 cm³/mol. The summed E-state index contributed by atoms with van der Waals surface area (Å²) in [5, 5.41) is 8.88. The Morgan fingerprint density at radius 2 is 2.04 bits per heavy atom. The first-order chi connectivity index (χ1) is 21.9. The van der Waals surface area contributed by atoms with Crippen LogP contribution in [0.2, 0.25) is 5.02 Å². The minimum atomic E-state index is -0.707. The van der Waals surface area contributed by atoms with Crippen molar-refractivity contribution in [2.75, 3.05) is 63.7 Å². The summed E-state index contributed by atoms with van der Waals surface area (Å²) >= 11 is 6.70. The number of rotatable bonds is 8. The van der Waals surface area contributed by atoms with Gasteiger partial charge in [-0.15, -0.1) is 0 Å². The SMILES string of the molecule is COc1nc(-c2c(C=N)c(N)cc(Cl)c2C2CC2)c(F)c2nc(OCC34CCCN3C/C(=C/F)C4)nc(N3CCCOCC3)c12. The van der Waals surface area contributed by atoms with Gasteiger partial charge in [0.15, 0.2) is 5.82 Å². The molecule has 1 atom stereocenters. The van der Waals surface area contributed by atoms with E-state index in [9.17, 15) is 4.39 Å². The van der Waals surface area contributed by atoms with Crippen molar-refractivity contribution < 1.29 is 23.0 Å². The molecule has 1 aromatic carbocycles. The molecular formula is C32H36ClF2N7O3. The lowest BCUT2D eigenvalue weighted by molar-refractivity contribution is 0.108. The molecule has 3 N–H and O–H groups in total. The maximum atomic E-state index is 17.1. The van der Waals surface area contributed by atoms with Gasteiger partial charge < -0.3 is 30.3 Å². The maximum absolute atomic E-state index is 17.1. The van der Waals surface area contributed by atoms with Crippen LogP contribution >= 0.6 is 11.6 Å². The van der Waals surface area contributed by atoms with Crippen molar-refractivity contribution in [1.29, 1.82) is 5.41 Å². The molecular weight excluding hydrogens is 604 g/mol. The van der Waals surface area contributed by atoms with Gasteiger partial charge in [0.05, 0.1) is 25.6 Å². The highest BCUT2D eigenvalue weighted by Gasteiger charge is 2.47. The molecule has 0 spiro atoms. The first-order valence-corrected chi connectivity index (χ1v) is 15.8. The molecule has 3 saturated heterocycles. The van der Waals surface area contributed by atoms with E-state index >= 15 is 4.39 Å². The van der Waals surface area contributed by atoms with Crippen LogP contribution < -0.4 is 20.1 Å². The van der Waals surface area contributed by atoms with Gasteiger partial charge in [-0.25, -0.2) is 13.8 Å². The standard InChI is InChI=1S/C32H36ClF2N7O3/c1-43-30-25-28(26(35)27(38-30)24-20(15-36)22(37)12-21(33)23(24)19-4-5-19)39-31(40-29(25)41-7-3-10-44-11-9-41)45-17-32-6-2-8-42(32)16-18(13-32)14-34/h12,14-15,19,36H,2-11,13,16-17,37H2,1H3/b18-14+,36-15?. The predicted octanol–water partition coefficient (Wildman–Crippen LogP) is 5.65. The van der Waals surface area contributed by atoms with Gasteiger partial charge in [0.2, 0.25) is 5.88 Å². The zero-order valence-electron chi connectivity index (χ0n) is 25.2. The van der Waals surface area contributed by atoms with Crippen LogP contribution in [0.1, 0.15) is 55.6 Å². The number of benzene rings is 1. The smallest absolute Gasteiger partial charge is 0.319 e. The van der Waals surface area contributed by atoms with Crippen LogP contribution in [0.15, 0.2) is 18.0 Å². The summed E-state index contributed by atoms with van der Waals surface area (Å²) in [6.45, 7) is 3.89. The Morgan fingerprint density at radius 1 is 1.20 bits per heavy atom. The second-order valence-corrected chi connectivity index (χ2v) is 12.7. The Balaban J connectivity index is 1.41. The number of pyridine rings is 1. The second kappa shape index (κ2) is 12.0. The summed E-state index contributed by atoms with van der Waals surface area (Å²) in [5.74, 6) is -0.0262. The third-order valence-corrected chi connectivity index (χ3v) is 9.81. The van der Waals surface area contributed by atoms with E-state index in [0.717, 1.165) is 50.4 Å². The Morgan fingerprint density at radius 3 is 2.80 bits per heavy atom. The van der Waals surface area contributed by atoms with Crippen molar-refractivity contribution in [2.24, 2.45) is 0 Å². The molecule has 5 heterocycles. The van der Waals surface area contributed by atoms with Crippen molar-refractivity contribution in [1.82, 2.24) is 19.9 Å². The lowest BCUT2D eigenvalue weighted by atomic mass is 9.93. The van der Waals surface area contributed by atoms with Gasteiger partial charge >= 0.3 is 6.01 Å². The molecule has 1 saturated carbocycles. The van der Waals surface area contributed by atoms with Gasteiger partial charge in [0, 0.05) is 54.3 Å². The molecule has 2 aromatic heterocycles. The number of hydrogen-bond acceptors (Lipinski definition) is 10. The van der Waals surface area contributed by atoms with Crippen LogP contribution in [-0.2, 0) is 4.74 Å². The molecule has 1 aliphatic carbocycles. The van der Waals surface area contributed by atoms with E-state index in [-0.39, 0.29) is 46.9 Å². The Hall–Kier alpha value is -3.61. The third kappa shape index (κ3) is 5.26. The van der Waals surface area contributed by atoms with Gasteiger partial charge in [0.1, 0.15) is 29.0 Å². The van der Waals surface area contributed by atoms with E-state index < -0.39 is 5.82 Å². The summed E-state index contributed by atoms with van der Waals surface area (Å²) in [6, 6.07) is 1.63. The van der Waals surface area contributed by atoms with Gasteiger partial charge in [-0.3, -0.25) is 4.90 Å². The van der Waals surface area contributed by atoms with Crippen LogP contribution in [0, 0.1) is 11.2 Å². The molecule has 238 valence electrons. The molecule has 3 aliphatic heterocycles. The number of nitrogens with one attached hydrogen (secondary N) is 1. The zero-order valence-corrected chi connectivity index (χ0v) is 25.9. The van der Waals surface area contributed by atoms with Crippen molar-refractivity contribution >= 4 is 40.2 Å². The van der Waals surface area contributed by atoms with Crippen LogP contribution in [0.3, 0.4) is 0 Å². The third-order valence-electron chi connectivity index (χ3n) is 9.50. The average Bonchev–Trinajstić information content (AvgIpc) is 3.77. The number of methoxy groups -OCH3 is 1. The van der Waals surface area contributed by atoms with Crippen LogP contribution in [-0.4, -0.2) is 84.7 Å². The number of fused-ring (bicyclic) bond motifs is 2. The van der Waals surface area contributed by atoms with E-state index in [1.807, 2.05) is 4.90 Å². The lowest BCUT2D eigenvalue weighted by Crippen LogP contribution is -2.43. The molecule has 10 nitrogen and oxygen atoms in total. The number of ether oxygens (including phenoxy) is 3. The van der Waals surface area contributed by atoms with Crippen molar-refractivity contribution in [3.05, 3.63) is 39.9 Å². The molecule has 4 fully saturated rings. The molecule has 13 heteroatoms. The normalized spacial score (nSPS) is 23.0. The van der Waals surface area contributed by atoms with Gasteiger partial charge in [-0.1, -0.05) is 11.6 Å². The topological polar surface area (TPSA) is 123 Å². The molecule has 4 aliphatic rings. The second-order valence-electron chi connectivity index (χ2n) is 12.3. The number of nitrogen functional groups attached to an aromatic ring is 1. The van der Waals surface area contributed by atoms with Crippen LogP contribution in [0.5, 0.6) is 11.9 Å². The van der Waals surface area contributed by atoms with E-state index in [2.05, 4.69) is 14.9 Å². The minimum Gasteiger partial charge on any atom is -0.480 e. The monoisotopic (exact) mass is 639 g/mol. The largest absolute Gasteiger partial charge is 0.480 e. The molecule has 0 radical (unpaired) electrons. The number of aromatic nitrogens is 3. The van der Waals surface area contributed by atoms with Crippen LogP contribution in [0.4, 0.5) is 20.3 Å². The summed E-state index contributed by atoms with van der Waals surface area (Å²) in [4.78, 5) is 18.4. The number of nitrogens with zero attached hydrogens (tertiary/aromatic N) is 5. The number of halogens is 3. The zero-order chi connectivity index (χ0) is 31.3. The fourth-order valence-electron chi connectivity index (χ4n) is 7.20.